The first-order valence-electron chi connectivity index (χ1n) is 28.7. The number of Topliss-reactive ketones (excluding diaryl/α,β-unsaturated/α-hetero) is 2. The summed E-state index contributed by atoms with van der Waals surface area (Å²) in [6.07, 6.45) is 0. The van der Waals surface area contributed by atoms with E-state index in [2.05, 4.69) is 111 Å². The summed E-state index contributed by atoms with van der Waals surface area (Å²) in [5, 5.41) is 27.2. The quantitative estimate of drug-likeness (QED) is 0.0249. The molecule has 24 heteroatoms. The summed E-state index contributed by atoms with van der Waals surface area (Å²) < 4.78 is 147. The average Bonchev–Trinajstić information content (AvgIpc) is 1.53. The van der Waals surface area contributed by atoms with Gasteiger partial charge in [0.1, 0.15) is 38.9 Å². The number of hydrogen-bond acceptors (Lipinski definition) is 10. The van der Waals surface area contributed by atoms with Crippen molar-refractivity contribution in [3.8, 4) is 23.6 Å². The molecular formula is C74H40Cl2F10N6O6. The zero-order valence-corrected chi connectivity index (χ0v) is 51.2. The number of H-pyrrole nitrogens is 1. The number of allylic oxidation sites excluding steroid dienone is 4. The molecule has 1 aliphatic carbocycles. The van der Waals surface area contributed by atoms with Crippen molar-refractivity contribution in [1.82, 2.24) is 20.0 Å². The number of nitriles is 2. The molecule has 12 nitrogen and oxygen atoms in total. The lowest BCUT2D eigenvalue weighted by atomic mass is 9.77. The van der Waals surface area contributed by atoms with Gasteiger partial charge in [0.15, 0.2) is 11.4 Å². The van der Waals surface area contributed by atoms with Crippen molar-refractivity contribution in [2.24, 2.45) is 0 Å². The Bertz CT molecular complexity index is 4900. The Morgan fingerprint density at radius 1 is 0.418 bits per heavy atom. The van der Waals surface area contributed by atoms with Crippen LogP contribution in [0, 0.1) is 80.8 Å². The summed E-state index contributed by atoms with van der Waals surface area (Å²) in [7, 11) is 0. The Balaban J connectivity index is 0.000000156. The summed E-state index contributed by atoms with van der Waals surface area (Å²) in [5.41, 5.74) is 4.15. The van der Waals surface area contributed by atoms with Crippen molar-refractivity contribution in [3.63, 3.8) is 0 Å². The zero-order valence-electron chi connectivity index (χ0n) is 49.7. The number of para-hydroxylation sites is 2. The Hall–Kier alpha value is -12.2. The molecule has 0 radical (unpaired) electrons. The number of hydrogen-bond donors (Lipinski definition) is 1. The van der Waals surface area contributed by atoms with E-state index < -0.39 is 120 Å². The van der Waals surface area contributed by atoms with Crippen LogP contribution in [-0.4, -0.2) is 43.5 Å². The van der Waals surface area contributed by atoms with Crippen molar-refractivity contribution < 1.29 is 72.6 Å². The number of esters is 2. The number of halogens is 12. The number of nitrogens with one attached hydrogen (secondary N) is 1. The Labute approximate surface area is 558 Å². The Kier molecular flexibility index (Phi) is 21.0. The maximum atomic E-state index is 14.4. The lowest BCUT2D eigenvalue weighted by Crippen LogP contribution is -2.38. The van der Waals surface area contributed by atoms with Crippen LogP contribution in [-0.2, 0) is 15.1 Å². The van der Waals surface area contributed by atoms with Crippen molar-refractivity contribution in [1.29, 1.82) is 10.5 Å². The largest absolute Gasteiger partial charge is 0.415 e. The molecule has 13 rings (SSSR count). The molecule has 0 amide bonds. The van der Waals surface area contributed by atoms with E-state index in [1.807, 2.05) is 91.0 Å². The van der Waals surface area contributed by atoms with Gasteiger partial charge in [0.25, 0.3) is 0 Å². The van der Waals surface area contributed by atoms with Crippen LogP contribution in [0.25, 0.3) is 21.8 Å². The van der Waals surface area contributed by atoms with E-state index in [-0.39, 0.29) is 22.2 Å². The van der Waals surface area contributed by atoms with Gasteiger partial charge in [-0.05, 0) is 45.5 Å². The molecule has 0 fully saturated rings. The number of carbonyl (C=O) groups excluding carboxylic acids is 4. The van der Waals surface area contributed by atoms with Gasteiger partial charge in [-0.1, -0.05) is 242 Å². The second kappa shape index (κ2) is 30.0. The van der Waals surface area contributed by atoms with Crippen molar-refractivity contribution in [2.45, 2.75) is 11.5 Å². The van der Waals surface area contributed by atoms with Gasteiger partial charge in [-0.15, -0.1) is 0 Å². The molecule has 486 valence electrons. The average molecular weight is 1370 g/mol. The van der Waals surface area contributed by atoms with Gasteiger partial charge < -0.3 is 9.47 Å². The second-order valence-electron chi connectivity index (χ2n) is 20.7. The maximum Gasteiger partial charge on any atom is 0.365 e. The minimum absolute atomic E-state index is 0.235. The standard InChI is InChI=1S/C33H19F5N2O2.C19H16.C14H5F5N2O2.C8Cl2N2O2/c34-25-26(35)28(37)31(29(38)27(25)36)42-32(41)30-23-18-10-11-19-24(23)40(39-30)33(20-12-4-1-5-13-20,21-14-6-2-7-15-21)22-16-8-3-9-17-22;1-4-10-16(11-5-1)19(17-12-6-2-7-13-17)18-14-8-3-9-15-18;15-7-8(16)10(18)13(11(19)9(7)17)23-14(22)12-5-3-1-2-4-6(5)20-21-12;9-5-6(10)8(14)4(2-12)3(1-11)7(5)13/h1-19H;1-15,19H;1-4H,(H,20,21);. The van der Waals surface area contributed by atoms with Gasteiger partial charge in [0.2, 0.25) is 81.2 Å². The van der Waals surface area contributed by atoms with Gasteiger partial charge in [0.05, 0.1) is 11.0 Å². The smallest absolute Gasteiger partial charge is 0.365 e. The summed E-state index contributed by atoms with van der Waals surface area (Å²) in [6, 6.07) is 75.9. The van der Waals surface area contributed by atoms with Crippen LogP contribution in [0.4, 0.5) is 43.9 Å². The molecule has 1 N–H and O–H groups in total. The van der Waals surface area contributed by atoms with E-state index in [0.717, 1.165) is 16.7 Å². The highest BCUT2D eigenvalue weighted by atomic mass is 35.5. The van der Waals surface area contributed by atoms with Crippen LogP contribution in [0.2, 0.25) is 0 Å². The summed E-state index contributed by atoms with van der Waals surface area (Å²) in [6.45, 7) is 0. The lowest BCUT2D eigenvalue weighted by molar-refractivity contribution is -0.115. The van der Waals surface area contributed by atoms with Gasteiger partial charge in [0, 0.05) is 16.7 Å². The molecule has 1 aliphatic rings. The molecule has 98 heavy (non-hydrogen) atoms. The number of carbonyl (C=O) groups is 4. The van der Waals surface area contributed by atoms with Crippen LogP contribution in [0.1, 0.15) is 60.3 Å². The van der Waals surface area contributed by atoms with Crippen molar-refractivity contribution >= 4 is 68.5 Å². The normalized spacial score (nSPS) is 12.0. The summed E-state index contributed by atoms with van der Waals surface area (Å²) >= 11 is 10.8. The van der Waals surface area contributed by atoms with Gasteiger partial charge in [-0.3, -0.25) is 14.7 Å². The first-order valence-corrected chi connectivity index (χ1v) is 29.4. The molecular weight excluding hydrogens is 1330 g/mol. The maximum absolute atomic E-state index is 14.4. The number of ketones is 2. The number of nitrogens with zero attached hydrogens (tertiary/aromatic N) is 5. The number of fused-ring (bicyclic) bond motifs is 2. The number of ether oxygens (including phenoxy) is 2. The van der Waals surface area contributed by atoms with Crippen LogP contribution in [0.15, 0.2) is 252 Å². The predicted octanol–water partition coefficient (Wildman–Crippen LogP) is 17.3. The van der Waals surface area contributed by atoms with Crippen molar-refractivity contribution in [3.05, 3.63) is 355 Å². The van der Waals surface area contributed by atoms with E-state index in [1.54, 1.807) is 47.1 Å². The number of aromatic amines is 1. The van der Waals surface area contributed by atoms with E-state index in [1.165, 1.54) is 34.9 Å². The van der Waals surface area contributed by atoms with E-state index >= 15 is 0 Å². The summed E-state index contributed by atoms with van der Waals surface area (Å²) in [4.78, 5) is 47.8. The second-order valence-corrected chi connectivity index (χ2v) is 21.5. The molecule has 10 aromatic carbocycles. The van der Waals surface area contributed by atoms with E-state index in [9.17, 15) is 63.1 Å². The topological polar surface area (TPSA) is 181 Å². The number of aromatic nitrogens is 4. The van der Waals surface area contributed by atoms with Gasteiger partial charge in [-0.2, -0.15) is 38.3 Å². The summed E-state index contributed by atoms with van der Waals surface area (Å²) in [5.74, 6) is -30.3. The number of rotatable bonds is 11. The highest BCUT2D eigenvalue weighted by molar-refractivity contribution is 6.59. The molecule has 0 spiro atoms. The fourth-order valence-electron chi connectivity index (χ4n) is 10.5. The number of benzene rings is 10. The van der Waals surface area contributed by atoms with Crippen LogP contribution in [0.3, 0.4) is 0 Å². The van der Waals surface area contributed by atoms with Crippen LogP contribution in [0.5, 0.6) is 11.5 Å². The lowest BCUT2D eigenvalue weighted by Gasteiger charge is -2.37. The molecule has 0 saturated heterocycles. The first kappa shape index (κ1) is 68.6. The fourth-order valence-corrected chi connectivity index (χ4v) is 10.9. The minimum atomic E-state index is -2.36. The van der Waals surface area contributed by atoms with Crippen LogP contribution >= 0.6 is 23.2 Å². The van der Waals surface area contributed by atoms with Crippen LogP contribution < -0.4 is 9.47 Å². The minimum Gasteiger partial charge on any atom is -0.415 e. The molecule has 2 aromatic heterocycles. The SMILES string of the molecule is N#CC1=C(C#N)C(=O)C(Cl)=C(Cl)C1=O.O=C(Oc1c(F)c(F)c(F)c(F)c1F)c1n[nH]c2ccccc12.O=C(Oc1c(F)c(F)c(F)c(F)c1F)c1nn(C(c2ccccc2)(c2ccccc2)c2ccccc2)c2ccccc12.c1ccc(C(c2ccccc2)c2ccccc2)cc1. The zero-order chi connectivity index (χ0) is 69.9. The van der Waals surface area contributed by atoms with Gasteiger partial charge >= 0.3 is 11.9 Å². The third-order valence-corrected chi connectivity index (χ3v) is 15.8. The highest BCUT2D eigenvalue weighted by Gasteiger charge is 2.42. The molecule has 0 bridgehead atoms. The predicted molar refractivity (Wildman–Crippen MR) is 340 cm³/mol. The molecule has 0 unspecified atom stereocenters. The molecule has 12 aromatic rings. The first-order chi connectivity index (χ1) is 47.3. The highest BCUT2D eigenvalue weighted by Crippen LogP contribution is 2.44. The monoisotopic (exact) mass is 1370 g/mol. The molecule has 0 atom stereocenters. The third-order valence-electron chi connectivity index (χ3n) is 15.0. The molecule has 0 saturated carbocycles. The third kappa shape index (κ3) is 13.4. The molecule has 0 aliphatic heterocycles. The van der Waals surface area contributed by atoms with Gasteiger partial charge in [-0.25, -0.2) is 40.6 Å². The van der Waals surface area contributed by atoms with E-state index in [4.69, 9.17) is 38.5 Å². The molecule has 2 heterocycles. The fraction of sp³-hybridized carbons (Fsp3) is 0.0270. The van der Waals surface area contributed by atoms with E-state index in [0.29, 0.717) is 17.0 Å². The Morgan fingerprint density at radius 2 is 0.724 bits per heavy atom. The van der Waals surface area contributed by atoms with Crippen molar-refractivity contribution in [2.75, 3.05) is 0 Å². The Morgan fingerprint density at radius 3 is 1.09 bits per heavy atom.